The van der Waals surface area contributed by atoms with E-state index < -0.39 is 12.1 Å². The number of ether oxygens (including phenoxy) is 3. The second-order valence-corrected chi connectivity index (χ2v) is 11.1. The molecule has 12 nitrogen and oxygen atoms in total. The van der Waals surface area contributed by atoms with Crippen LogP contribution in [0.4, 0.5) is 18.9 Å². The maximum absolute atomic E-state index is 13.8. The molecule has 3 aromatic rings. The van der Waals surface area contributed by atoms with Gasteiger partial charge in [0.05, 0.1) is 32.6 Å². The van der Waals surface area contributed by atoms with E-state index in [1.54, 1.807) is 23.4 Å². The molecule has 242 valence electrons. The lowest BCUT2D eigenvalue weighted by Crippen LogP contribution is -2.37. The number of aryl methyl sites for hydroxylation is 1. The normalized spacial score (nSPS) is 14.3. The second kappa shape index (κ2) is 13.7. The van der Waals surface area contributed by atoms with E-state index in [0.29, 0.717) is 42.5 Å². The summed E-state index contributed by atoms with van der Waals surface area (Å²) in [5.74, 6) is -1.49. The van der Waals surface area contributed by atoms with E-state index in [4.69, 9.17) is 29.2 Å². The highest BCUT2D eigenvalue weighted by Crippen LogP contribution is 2.40. The molecule has 1 aliphatic heterocycles. The quantitative estimate of drug-likeness (QED) is 0.391. The minimum absolute atomic E-state index is 0.0248. The molecule has 0 spiro atoms. The average molecular weight is 625 g/mol. The van der Waals surface area contributed by atoms with E-state index in [1.807, 2.05) is 32.9 Å². The van der Waals surface area contributed by atoms with Crippen LogP contribution in [0.25, 0.3) is 5.65 Å². The first-order valence-electron chi connectivity index (χ1n) is 14.0. The van der Waals surface area contributed by atoms with Crippen LogP contribution in [0.15, 0.2) is 17.1 Å². The van der Waals surface area contributed by atoms with Gasteiger partial charge in [-0.05, 0) is 38.3 Å². The van der Waals surface area contributed by atoms with Crippen LogP contribution in [0, 0.1) is 13.8 Å². The molecule has 3 heterocycles. The fourth-order valence-electron chi connectivity index (χ4n) is 4.63. The van der Waals surface area contributed by atoms with Crippen molar-refractivity contribution in [2.24, 2.45) is 4.99 Å². The van der Waals surface area contributed by atoms with Gasteiger partial charge in [-0.3, -0.25) is 9.79 Å². The standard InChI is InChI=1S/C27H38N6O4.C2HF3O2/c1-9-37-25-18(3)17(2)24-29-32(26(28-7)33(24)30-25)16-22(34)19-14-20(27(4,5)6)23(35-8)21(15-19)31-10-12-36-13-11-31;3-2(4,5)1(6)7/h14-15H,9-13,16H2,1-8H3;(H,6,7). The number of ketones is 1. The van der Waals surface area contributed by atoms with Gasteiger partial charge in [-0.25, -0.2) is 9.48 Å². The van der Waals surface area contributed by atoms with Gasteiger partial charge >= 0.3 is 12.1 Å². The van der Waals surface area contributed by atoms with E-state index in [9.17, 15) is 18.0 Å². The minimum Gasteiger partial charge on any atom is -0.494 e. The van der Waals surface area contributed by atoms with Crippen LogP contribution in [0.3, 0.4) is 0 Å². The van der Waals surface area contributed by atoms with Gasteiger partial charge in [0.15, 0.2) is 11.4 Å². The number of halogens is 3. The van der Waals surface area contributed by atoms with Gasteiger partial charge in [-0.15, -0.1) is 10.2 Å². The molecule has 15 heteroatoms. The fraction of sp³-hybridized carbons (Fsp3) is 0.552. The Hall–Kier alpha value is -4.14. The first kappa shape index (κ1) is 34.4. The summed E-state index contributed by atoms with van der Waals surface area (Å²) in [6.45, 7) is 15.5. The number of aliphatic carboxylic acids is 1. The molecular weight excluding hydrogens is 585 g/mol. The van der Waals surface area contributed by atoms with E-state index in [2.05, 4.69) is 35.8 Å². The number of aromatic nitrogens is 4. The van der Waals surface area contributed by atoms with Crippen LogP contribution in [0.2, 0.25) is 0 Å². The van der Waals surface area contributed by atoms with Crippen molar-refractivity contribution in [2.45, 2.75) is 59.7 Å². The number of fused-ring (bicyclic) bond motifs is 1. The number of alkyl halides is 3. The first-order valence-corrected chi connectivity index (χ1v) is 14.0. The summed E-state index contributed by atoms with van der Waals surface area (Å²) in [7, 11) is 3.36. The predicted molar refractivity (Wildman–Crippen MR) is 156 cm³/mol. The SMILES string of the molecule is CCOc1nn2c(=NC)n(CC(=O)c3cc(N4CCOCC4)c(OC)c(C(C)(C)C)c3)nc2c(C)c1C.O=C(O)C(F)(F)F. The van der Waals surface area contributed by atoms with Crippen molar-refractivity contribution in [3.05, 3.63) is 40.0 Å². The molecule has 1 fully saturated rings. The molecule has 1 aliphatic rings. The van der Waals surface area contributed by atoms with Crippen LogP contribution in [-0.2, 0) is 21.5 Å². The van der Waals surface area contributed by atoms with Crippen molar-refractivity contribution in [1.29, 1.82) is 0 Å². The molecular formula is C29H39F3N6O6. The number of rotatable bonds is 7. The van der Waals surface area contributed by atoms with Crippen LogP contribution in [0.5, 0.6) is 11.6 Å². The van der Waals surface area contributed by atoms with Gasteiger partial charge in [-0.2, -0.15) is 17.7 Å². The summed E-state index contributed by atoms with van der Waals surface area (Å²) in [4.78, 5) is 29.3. The van der Waals surface area contributed by atoms with Crippen LogP contribution in [-0.4, -0.2) is 89.5 Å². The molecule has 0 radical (unpaired) electrons. The lowest BCUT2D eigenvalue weighted by molar-refractivity contribution is -0.192. The third-order valence-electron chi connectivity index (χ3n) is 7.02. The Labute approximate surface area is 253 Å². The Bertz CT molecular complexity index is 1580. The largest absolute Gasteiger partial charge is 0.494 e. The molecule has 1 aromatic carbocycles. The number of nitrogens with zero attached hydrogens (tertiary/aromatic N) is 6. The molecule has 0 bridgehead atoms. The monoisotopic (exact) mass is 624 g/mol. The molecule has 0 unspecified atom stereocenters. The molecule has 2 aromatic heterocycles. The number of hydrogen-bond donors (Lipinski definition) is 1. The molecule has 0 amide bonds. The molecule has 0 atom stereocenters. The Balaban J connectivity index is 0.000000676. The number of methoxy groups -OCH3 is 1. The summed E-state index contributed by atoms with van der Waals surface area (Å²) in [5, 5.41) is 16.5. The Morgan fingerprint density at radius 1 is 1.09 bits per heavy atom. The maximum atomic E-state index is 13.8. The van der Waals surface area contributed by atoms with Gasteiger partial charge in [0.25, 0.3) is 0 Å². The van der Waals surface area contributed by atoms with Crippen LogP contribution in [0.1, 0.15) is 54.7 Å². The number of carboxylic acid groups (broad SMARTS) is 1. The lowest BCUT2D eigenvalue weighted by Gasteiger charge is -2.33. The number of carbonyl (C=O) groups is 2. The van der Waals surface area contributed by atoms with Crippen LogP contribution >= 0.6 is 0 Å². The van der Waals surface area contributed by atoms with Gasteiger partial charge in [-0.1, -0.05) is 20.8 Å². The third kappa shape index (κ3) is 7.49. The highest BCUT2D eigenvalue weighted by atomic mass is 19.4. The highest BCUT2D eigenvalue weighted by molar-refractivity contribution is 5.98. The summed E-state index contributed by atoms with van der Waals surface area (Å²) in [6.07, 6.45) is -5.08. The van der Waals surface area contributed by atoms with Gasteiger partial charge in [0.1, 0.15) is 12.3 Å². The summed E-state index contributed by atoms with van der Waals surface area (Å²) < 4.78 is 52.2. The zero-order chi connectivity index (χ0) is 33.0. The van der Waals surface area contributed by atoms with E-state index >= 15 is 0 Å². The minimum atomic E-state index is -5.08. The predicted octanol–water partition coefficient (Wildman–Crippen LogP) is 3.74. The third-order valence-corrected chi connectivity index (χ3v) is 7.02. The van der Waals surface area contributed by atoms with E-state index in [1.165, 1.54) is 0 Å². The fourth-order valence-corrected chi connectivity index (χ4v) is 4.63. The number of carbonyl (C=O) groups excluding carboxylic acids is 1. The number of anilines is 1. The number of carboxylic acids is 1. The Kier molecular flexibility index (Phi) is 10.7. The van der Waals surface area contributed by atoms with Crippen molar-refractivity contribution < 1.29 is 42.1 Å². The van der Waals surface area contributed by atoms with E-state index in [-0.39, 0.29) is 17.7 Å². The summed E-state index contributed by atoms with van der Waals surface area (Å²) >= 11 is 0. The Morgan fingerprint density at radius 2 is 1.70 bits per heavy atom. The molecule has 0 saturated carbocycles. The maximum Gasteiger partial charge on any atom is 0.490 e. The number of morpholine rings is 1. The number of hydrogen-bond acceptors (Lipinski definition) is 9. The second-order valence-electron chi connectivity index (χ2n) is 11.1. The first-order chi connectivity index (χ1) is 20.5. The molecule has 44 heavy (non-hydrogen) atoms. The van der Waals surface area contributed by atoms with Crippen molar-refractivity contribution in [3.8, 4) is 11.6 Å². The summed E-state index contributed by atoms with van der Waals surface area (Å²) in [5.41, 5.74) is 5.25. The zero-order valence-corrected chi connectivity index (χ0v) is 26.2. The average Bonchev–Trinajstić information content (AvgIpc) is 3.31. The van der Waals surface area contributed by atoms with Crippen molar-refractivity contribution in [3.63, 3.8) is 0 Å². The van der Waals surface area contributed by atoms with Gasteiger partial charge in [0.2, 0.25) is 11.5 Å². The topological polar surface area (TPSA) is 133 Å². The summed E-state index contributed by atoms with van der Waals surface area (Å²) in [6, 6.07) is 3.88. The van der Waals surface area contributed by atoms with Gasteiger partial charge in [0, 0.05) is 42.4 Å². The Morgan fingerprint density at radius 3 is 2.20 bits per heavy atom. The lowest BCUT2D eigenvalue weighted by atomic mass is 9.84. The molecule has 4 rings (SSSR count). The van der Waals surface area contributed by atoms with E-state index in [0.717, 1.165) is 41.2 Å². The van der Waals surface area contributed by atoms with Gasteiger partial charge < -0.3 is 24.2 Å². The molecule has 0 aliphatic carbocycles. The van der Waals surface area contributed by atoms with Crippen molar-refractivity contribution >= 4 is 23.1 Å². The smallest absolute Gasteiger partial charge is 0.490 e. The molecule has 1 saturated heterocycles. The highest BCUT2D eigenvalue weighted by Gasteiger charge is 2.38. The molecule has 1 N–H and O–H groups in total. The number of Topliss-reactive ketones (excluding diaryl/α,β-unsaturated/α-hetero) is 1. The van der Waals surface area contributed by atoms with Crippen LogP contribution < -0.4 is 20.0 Å². The van der Waals surface area contributed by atoms with Crippen molar-refractivity contribution in [2.75, 3.05) is 52.0 Å². The van der Waals surface area contributed by atoms with Crippen molar-refractivity contribution in [1.82, 2.24) is 19.4 Å². The number of benzene rings is 1. The zero-order valence-electron chi connectivity index (χ0n) is 26.2.